The van der Waals surface area contributed by atoms with Crippen LogP contribution in [0.1, 0.15) is 52.7 Å². The van der Waals surface area contributed by atoms with Crippen molar-refractivity contribution >= 4 is 32.7 Å². The van der Waals surface area contributed by atoms with E-state index in [4.69, 9.17) is 0 Å². The molecule has 1 aromatic heterocycles. The molecule has 28 heavy (non-hydrogen) atoms. The van der Waals surface area contributed by atoms with Gasteiger partial charge >= 0.3 is 166 Å². The van der Waals surface area contributed by atoms with E-state index in [1.165, 1.54) is 0 Å². The molecular formula is C22H24F5Se+. The Hall–Kier alpha value is -1.39. The van der Waals surface area contributed by atoms with Crippen molar-refractivity contribution in [2.75, 3.05) is 0 Å². The Kier molecular flexibility index (Phi) is 4.80. The number of halogens is 5. The van der Waals surface area contributed by atoms with Gasteiger partial charge in [-0.25, -0.2) is 0 Å². The number of benzene rings is 2. The van der Waals surface area contributed by atoms with Crippen LogP contribution >= 0.6 is 0 Å². The predicted molar refractivity (Wildman–Crippen MR) is 107 cm³/mol. The van der Waals surface area contributed by atoms with E-state index in [0.29, 0.717) is 10.8 Å². The van der Waals surface area contributed by atoms with Crippen molar-refractivity contribution in [1.82, 2.24) is 0 Å². The molecule has 0 saturated carbocycles. The molecule has 0 atom stereocenters. The molecule has 0 aliphatic carbocycles. The minimum absolute atomic E-state index is 0.177. The molecule has 1 heterocycles. The van der Waals surface area contributed by atoms with Gasteiger partial charge in [0.15, 0.2) is 0 Å². The number of fused-ring (bicyclic) bond motifs is 3. The fourth-order valence-corrected chi connectivity index (χ4v) is 8.11. The second kappa shape index (κ2) is 6.30. The molecule has 0 amide bonds. The third kappa shape index (κ3) is 3.39. The van der Waals surface area contributed by atoms with Crippen molar-refractivity contribution in [2.45, 2.75) is 63.4 Å². The Morgan fingerprint density at radius 3 is 1.25 bits per heavy atom. The molecule has 2 aromatic carbocycles. The van der Waals surface area contributed by atoms with Crippen LogP contribution in [0.5, 0.6) is 0 Å². The van der Waals surface area contributed by atoms with E-state index in [9.17, 15) is 22.0 Å². The SMILES string of the molecule is CC(C)(C)c1ccc2c3ccc(C(C)(C)C)cc3[se+](C(F)(F)C(F)(F)F)c2c1. The van der Waals surface area contributed by atoms with E-state index in [1.807, 2.05) is 53.7 Å². The van der Waals surface area contributed by atoms with Gasteiger partial charge in [-0.1, -0.05) is 0 Å². The van der Waals surface area contributed by atoms with Crippen LogP contribution in [0.25, 0.3) is 19.3 Å². The fraction of sp³-hybridized carbons (Fsp3) is 0.455. The van der Waals surface area contributed by atoms with Crippen LogP contribution in [0.3, 0.4) is 0 Å². The monoisotopic (exact) mass is 463 g/mol. The number of rotatable bonds is 1. The average Bonchev–Trinajstić information content (AvgIpc) is 2.85. The first-order valence-corrected chi connectivity index (χ1v) is 11.6. The van der Waals surface area contributed by atoms with Crippen LogP contribution in [0.4, 0.5) is 22.0 Å². The maximum atomic E-state index is 14.8. The number of hydrogen-bond acceptors (Lipinski definition) is 0. The molecule has 0 fully saturated rings. The average molecular weight is 462 g/mol. The fourth-order valence-electron chi connectivity index (χ4n) is 3.27. The van der Waals surface area contributed by atoms with Crippen molar-refractivity contribution in [3.63, 3.8) is 0 Å². The summed E-state index contributed by atoms with van der Waals surface area (Å²) in [4.78, 5) is -4.74. The first-order valence-electron chi connectivity index (χ1n) is 9.03. The third-order valence-corrected chi connectivity index (χ3v) is 9.84. The quantitative estimate of drug-likeness (QED) is 0.260. The van der Waals surface area contributed by atoms with Gasteiger partial charge in [-0.3, -0.25) is 0 Å². The molecule has 0 radical (unpaired) electrons. The minimum atomic E-state index is -5.58. The topological polar surface area (TPSA) is 0 Å². The summed E-state index contributed by atoms with van der Waals surface area (Å²) >= 11 is -3.69. The first kappa shape index (κ1) is 21.3. The molecule has 0 bridgehead atoms. The maximum absolute atomic E-state index is 14.8. The van der Waals surface area contributed by atoms with Gasteiger partial charge in [-0.05, 0) is 0 Å². The summed E-state index contributed by atoms with van der Waals surface area (Å²) < 4.78 is 70.2. The van der Waals surface area contributed by atoms with E-state index in [-0.39, 0.29) is 19.4 Å². The molecule has 0 N–H and O–H groups in total. The molecular weight excluding hydrogens is 438 g/mol. The summed E-state index contributed by atoms with van der Waals surface area (Å²) in [5, 5.41) is 1.02. The van der Waals surface area contributed by atoms with Gasteiger partial charge in [0.25, 0.3) is 0 Å². The molecule has 6 heteroatoms. The van der Waals surface area contributed by atoms with Crippen molar-refractivity contribution in [3.05, 3.63) is 47.5 Å². The molecule has 0 aliphatic rings. The molecule has 0 unspecified atom stereocenters. The van der Waals surface area contributed by atoms with E-state index in [1.54, 1.807) is 24.3 Å². The zero-order valence-corrected chi connectivity index (χ0v) is 18.5. The van der Waals surface area contributed by atoms with Crippen LogP contribution in [0, 0.1) is 0 Å². The van der Waals surface area contributed by atoms with Gasteiger partial charge in [0.05, 0.1) is 0 Å². The first-order chi connectivity index (χ1) is 12.5. The van der Waals surface area contributed by atoms with Crippen LogP contribution in [-0.2, 0) is 15.7 Å². The zero-order chi connectivity index (χ0) is 21.3. The Labute approximate surface area is 165 Å². The van der Waals surface area contributed by atoms with Gasteiger partial charge in [0, 0.05) is 0 Å². The summed E-state index contributed by atoms with van der Waals surface area (Å²) in [6.07, 6.45) is -5.58. The summed E-state index contributed by atoms with van der Waals surface area (Å²) in [6, 6.07) is 10.2. The molecule has 0 nitrogen and oxygen atoms in total. The Morgan fingerprint density at radius 2 is 0.964 bits per heavy atom. The normalized spacial score (nSPS) is 14.2. The van der Waals surface area contributed by atoms with Gasteiger partial charge < -0.3 is 0 Å². The van der Waals surface area contributed by atoms with Crippen LogP contribution in [0.15, 0.2) is 36.4 Å². The van der Waals surface area contributed by atoms with E-state index in [2.05, 4.69) is 0 Å². The Morgan fingerprint density at radius 1 is 0.607 bits per heavy atom. The summed E-state index contributed by atoms with van der Waals surface area (Å²) in [6.45, 7) is 11.5. The van der Waals surface area contributed by atoms with E-state index < -0.39 is 24.4 Å². The Bertz CT molecular complexity index is 972. The van der Waals surface area contributed by atoms with Crippen LogP contribution in [-0.4, -0.2) is 19.6 Å². The van der Waals surface area contributed by atoms with Gasteiger partial charge in [0.1, 0.15) is 0 Å². The molecule has 0 spiro atoms. The summed E-state index contributed by atoms with van der Waals surface area (Å²) in [5.41, 5.74) is 0.846. The number of hydrogen-bond donors (Lipinski definition) is 0. The van der Waals surface area contributed by atoms with Crippen molar-refractivity contribution in [2.24, 2.45) is 0 Å². The van der Waals surface area contributed by atoms with Crippen molar-refractivity contribution < 1.29 is 22.0 Å². The van der Waals surface area contributed by atoms with Gasteiger partial charge in [-0.15, -0.1) is 0 Å². The van der Waals surface area contributed by atoms with E-state index in [0.717, 1.165) is 11.1 Å². The molecule has 3 aromatic rings. The second-order valence-corrected chi connectivity index (χ2v) is 13.4. The van der Waals surface area contributed by atoms with Gasteiger partial charge in [0.2, 0.25) is 0 Å². The second-order valence-electron chi connectivity index (χ2n) is 9.24. The van der Waals surface area contributed by atoms with E-state index >= 15 is 0 Å². The predicted octanol–water partition coefficient (Wildman–Crippen LogP) is 7.44. The Balaban J connectivity index is 2.51. The van der Waals surface area contributed by atoms with Crippen LogP contribution in [0.2, 0.25) is 0 Å². The molecule has 0 saturated heterocycles. The zero-order valence-electron chi connectivity index (χ0n) is 16.8. The van der Waals surface area contributed by atoms with Crippen molar-refractivity contribution in [3.8, 4) is 0 Å². The van der Waals surface area contributed by atoms with Crippen LogP contribution < -0.4 is 0 Å². The summed E-state index contributed by atoms with van der Waals surface area (Å²) in [5.74, 6) is 0. The standard InChI is InChI=1S/C22H24F5Se/c1-19(2,3)13-7-9-15-16-10-8-14(20(4,5)6)12-18(16)28(17(15)11-13)22(26,27)21(23,24)25/h7-12H,1-6H3/q+1. The molecule has 152 valence electrons. The third-order valence-electron chi connectivity index (χ3n) is 5.01. The van der Waals surface area contributed by atoms with Crippen molar-refractivity contribution in [1.29, 1.82) is 0 Å². The molecule has 0 aliphatic heterocycles. The number of alkyl halides is 5. The van der Waals surface area contributed by atoms with Gasteiger partial charge in [-0.2, -0.15) is 0 Å². The summed E-state index contributed by atoms with van der Waals surface area (Å²) in [7, 11) is 0. The molecule has 3 rings (SSSR count).